The normalized spacial score (nSPS) is 9.64. The molecule has 0 heterocycles. The van der Waals surface area contributed by atoms with Crippen molar-refractivity contribution >= 4 is 11.7 Å². The lowest BCUT2D eigenvalue weighted by Crippen LogP contribution is -2.09. The summed E-state index contributed by atoms with van der Waals surface area (Å²) in [6, 6.07) is 4.28. The molecule has 0 bridgehead atoms. The summed E-state index contributed by atoms with van der Waals surface area (Å²) in [4.78, 5) is 11.3. The van der Waals surface area contributed by atoms with Gasteiger partial charge in [-0.05, 0) is 19.1 Å². The van der Waals surface area contributed by atoms with Gasteiger partial charge in [-0.15, -0.1) is 0 Å². The molecule has 0 radical (unpaired) electrons. The molecule has 0 saturated carbocycles. The second-order valence-corrected chi connectivity index (χ2v) is 2.63. The first-order valence-electron chi connectivity index (χ1n) is 4.34. The molecule has 0 aliphatic rings. The average molecular weight is 197 g/mol. The fourth-order valence-corrected chi connectivity index (χ4v) is 1.16. The van der Waals surface area contributed by atoms with Crippen molar-refractivity contribution in [2.45, 2.75) is 6.92 Å². The number of halogens is 1. The Labute approximate surface area is 81.9 Å². The Balaban J connectivity index is 3.07. The molecule has 1 aromatic carbocycles. The summed E-state index contributed by atoms with van der Waals surface area (Å²) in [5.41, 5.74) is 0.389. The summed E-state index contributed by atoms with van der Waals surface area (Å²) in [6.45, 7) is 1.98. The number of carbonyl (C=O) groups is 1. The molecule has 0 aromatic heterocycles. The number of hydrogen-bond acceptors (Lipinski definition) is 3. The quantitative estimate of drug-likeness (QED) is 0.753. The van der Waals surface area contributed by atoms with Gasteiger partial charge in [0.1, 0.15) is 5.82 Å². The monoisotopic (exact) mass is 197 g/mol. The Kier molecular flexibility index (Phi) is 3.45. The van der Waals surface area contributed by atoms with E-state index in [1.165, 1.54) is 18.2 Å². The number of esters is 1. The van der Waals surface area contributed by atoms with E-state index in [1.807, 2.05) is 0 Å². The Morgan fingerprint density at radius 1 is 1.57 bits per heavy atom. The number of carbonyl (C=O) groups excluding carboxylic acids is 1. The molecule has 1 N–H and O–H groups in total. The minimum atomic E-state index is -0.517. The Hall–Kier alpha value is -1.58. The van der Waals surface area contributed by atoms with E-state index in [9.17, 15) is 9.18 Å². The topological polar surface area (TPSA) is 38.3 Å². The summed E-state index contributed by atoms with van der Waals surface area (Å²) < 4.78 is 18.0. The van der Waals surface area contributed by atoms with Crippen LogP contribution < -0.4 is 5.32 Å². The Morgan fingerprint density at radius 2 is 2.29 bits per heavy atom. The van der Waals surface area contributed by atoms with Gasteiger partial charge in [-0.1, -0.05) is 6.07 Å². The molecule has 4 heteroatoms. The molecule has 76 valence electrons. The number of hydrogen-bond donors (Lipinski definition) is 1. The van der Waals surface area contributed by atoms with Gasteiger partial charge in [0.2, 0.25) is 0 Å². The van der Waals surface area contributed by atoms with Crippen LogP contribution in [0.2, 0.25) is 0 Å². The number of anilines is 1. The molecule has 0 atom stereocenters. The summed E-state index contributed by atoms with van der Waals surface area (Å²) in [5.74, 6) is -0.977. The second kappa shape index (κ2) is 4.60. The largest absolute Gasteiger partial charge is 0.462 e. The van der Waals surface area contributed by atoms with Gasteiger partial charge in [0.05, 0.1) is 17.9 Å². The lowest BCUT2D eigenvalue weighted by Gasteiger charge is -2.08. The molecule has 0 saturated heterocycles. The molecule has 14 heavy (non-hydrogen) atoms. The smallest absolute Gasteiger partial charge is 0.340 e. The highest BCUT2D eigenvalue weighted by molar-refractivity contribution is 5.95. The van der Waals surface area contributed by atoms with Gasteiger partial charge in [0, 0.05) is 7.05 Å². The van der Waals surface area contributed by atoms with Gasteiger partial charge in [-0.2, -0.15) is 0 Å². The average Bonchev–Trinajstić information content (AvgIpc) is 2.17. The predicted octanol–water partition coefficient (Wildman–Crippen LogP) is 2.04. The van der Waals surface area contributed by atoms with E-state index in [0.29, 0.717) is 0 Å². The first kappa shape index (κ1) is 10.5. The first-order chi connectivity index (χ1) is 6.70. The van der Waals surface area contributed by atoms with E-state index < -0.39 is 11.8 Å². The molecule has 1 aromatic rings. The van der Waals surface area contributed by atoms with Gasteiger partial charge in [-0.3, -0.25) is 0 Å². The highest BCUT2D eigenvalue weighted by Crippen LogP contribution is 2.19. The van der Waals surface area contributed by atoms with Crippen molar-refractivity contribution in [1.82, 2.24) is 0 Å². The number of rotatable bonds is 3. The Bertz CT molecular complexity index is 339. The van der Waals surface area contributed by atoms with Crippen LogP contribution in [0.1, 0.15) is 17.3 Å². The van der Waals surface area contributed by atoms with Crippen LogP contribution in [0.3, 0.4) is 0 Å². The zero-order valence-electron chi connectivity index (χ0n) is 8.13. The van der Waals surface area contributed by atoms with E-state index in [-0.39, 0.29) is 17.9 Å². The van der Waals surface area contributed by atoms with Gasteiger partial charge in [0.25, 0.3) is 0 Å². The van der Waals surface area contributed by atoms with Crippen LogP contribution in [0.15, 0.2) is 18.2 Å². The van der Waals surface area contributed by atoms with E-state index in [0.717, 1.165) is 0 Å². The van der Waals surface area contributed by atoms with Gasteiger partial charge in [0.15, 0.2) is 0 Å². The van der Waals surface area contributed by atoms with Crippen LogP contribution in [0.25, 0.3) is 0 Å². The zero-order chi connectivity index (χ0) is 10.6. The van der Waals surface area contributed by atoms with Crippen molar-refractivity contribution in [3.8, 4) is 0 Å². The van der Waals surface area contributed by atoms with Gasteiger partial charge >= 0.3 is 5.97 Å². The molecular weight excluding hydrogens is 185 g/mol. The SMILES string of the molecule is CCOC(=O)c1cccc(F)c1NC. The molecule has 0 fully saturated rings. The third kappa shape index (κ3) is 2.02. The van der Waals surface area contributed by atoms with Crippen LogP contribution in [0.4, 0.5) is 10.1 Å². The number of benzene rings is 1. The fourth-order valence-electron chi connectivity index (χ4n) is 1.16. The second-order valence-electron chi connectivity index (χ2n) is 2.63. The van der Waals surface area contributed by atoms with Crippen LogP contribution in [0.5, 0.6) is 0 Å². The van der Waals surface area contributed by atoms with E-state index in [1.54, 1.807) is 14.0 Å². The highest BCUT2D eigenvalue weighted by atomic mass is 19.1. The maximum absolute atomic E-state index is 13.2. The van der Waals surface area contributed by atoms with Crippen LogP contribution >= 0.6 is 0 Å². The lowest BCUT2D eigenvalue weighted by atomic mass is 10.1. The molecule has 0 aliphatic carbocycles. The third-order valence-electron chi connectivity index (χ3n) is 1.76. The van der Waals surface area contributed by atoms with E-state index in [4.69, 9.17) is 4.74 Å². The number of nitrogens with one attached hydrogen (secondary N) is 1. The highest BCUT2D eigenvalue weighted by Gasteiger charge is 2.14. The minimum Gasteiger partial charge on any atom is -0.462 e. The van der Waals surface area contributed by atoms with Crippen LogP contribution in [-0.4, -0.2) is 19.6 Å². The number of para-hydroxylation sites is 1. The predicted molar refractivity (Wildman–Crippen MR) is 51.9 cm³/mol. The summed E-state index contributed by atoms with van der Waals surface area (Å²) in [6.07, 6.45) is 0. The van der Waals surface area contributed by atoms with Crippen molar-refractivity contribution in [2.24, 2.45) is 0 Å². The maximum Gasteiger partial charge on any atom is 0.340 e. The third-order valence-corrected chi connectivity index (χ3v) is 1.76. The molecular formula is C10H12FNO2. The molecule has 0 amide bonds. The van der Waals surface area contributed by atoms with Crippen molar-refractivity contribution < 1.29 is 13.9 Å². The van der Waals surface area contributed by atoms with E-state index in [2.05, 4.69) is 5.32 Å². The van der Waals surface area contributed by atoms with Crippen molar-refractivity contribution in [2.75, 3.05) is 19.0 Å². The molecule has 3 nitrogen and oxygen atoms in total. The van der Waals surface area contributed by atoms with E-state index >= 15 is 0 Å². The van der Waals surface area contributed by atoms with Crippen LogP contribution in [0, 0.1) is 5.82 Å². The van der Waals surface area contributed by atoms with Crippen molar-refractivity contribution in [3.05, 3.63) is 29.6 Å². The summed E-state index contributed by atoms with van der Waals surface area (Å²) in [7, 11) is 1.56. The van der Waals surface area contributed by atoms with Crippen LogP contribution in [-0.2, 0) is 4.74 Å². The Morgan fingerprint density at radius 3 is 2.86 bits per heavy atom. The first-order valence-corrected chi connectivity index (χ1v) is 4.34. The van der Waals surface area contributed by atoms with Crippen molar-refractivity contribution in [1.29, 1.82) is 0 Å². The fraction of sp³-hybridized carbons (Fsp3) is 0.300. The van der Waals surface area contributed by atoms with Crippen molar-refractivity contribution in [3.63, 3.8) is 0 Å². The lowest BCUT2D eigenvalue weighted by molar-refractivity contribution is 0.0527. The standard InChI is InChI=1S/C10H12FNO2/c1-3-14-10(13)7-5-4-6-8(11)9(7)12-2/h4-6,12H,3H2,1-2H3. The van der Waals surface area contributed by atoms with Gasteiger partial charge in [-0.25, -0.2) is 9.18 Å². The minimum absolute atomic E-state index is 0.172. The maximum atomic E-state index is 13.2. The molecule has 0 spiro atoms. The number of ether oxygens (including phenoxy) is 1. The molecule has 0 unspecified atom stereocenters. The molecule has 1 rings (SSSR count). The summed E-state index contributed by atoms with van der Waals surface area (Å²) >= 11 is 0. The summed E-state index contributed by atoms with van der Waals surface area (Å²) in [5, 5.41) is 2.63. The van der Waals surface area contributed by atoms with Gasteiger partial charge < -0.3 is 10.1 Å². The molecule has 0 aliphatic heterocycles. The zero-order valence-corrected chi connectivity index (χ0v) is 8.13.